The van der Waals surface area contributed by atoms with Crippen LogP contribution in [0.2, 0.25) is 0 Å². The molecule has 0 aromatic heterocycles. The third-order valence-corrected chi connectivity index (χ3v) is 4.26. The van der Waals surface area contributed by atoms with Crippen molar-refractivity contribution in [3.63, 3.8) is 0 Å². The van der Waals surface area contributed by atoms with E-state index in [1.807, 2.05) is 6.92 Å². The van der Waals surface area contributed by atoms with Crippen molar-refractivity contribution in [3.05, 3.63) is 53.8 Å². The molecule has 24 heavy (non-hydrogen) atoms. The van der Waals surface area contributed by atoms with E-state index in [9.17, 15) is 9.18 Å². The van der Waals surface area contributed by atoms with Gasteiger partial charge in [0.25, 0.3) is 5.91 Å². The number of nitrogens with zero attached hydrogens (tertiary/aromatic N) is 1. The molecule has 1 heterocycles. The number of carbonyl (C=O) groups is 1. The Morgan fingerprint density at radius 2 is 1.92 bits per heavy atom. The third-order valence-electron chi connectivity index (χ3n) is 4.26. The first-order valence-electron chi connectivity index (χ1n) is 7.96. The minimum atomic E-state index is -0.273. The van der Waals surface area contributed by atoms with Crippen molar-refractivity contribution >= 4 is 11.6 Å². The lowest BCUT2D eigenvalue weighted by molar-refractivity contribution is -0.121. The molecule has 0 fully saturated rings. The van der Waals surface area contributed by atoms with Crippen LogP contribution in [0.5, 0.6) is 11.5 Å². The number of halogens is 1. The maximum atomic E-state index is 13.4. The number of aryl methyl sites for hydroxylation is 1. The molecule has 1 aliphatic rings. The fraction of sp³-hybridized carbons (Fsp3) is 0.316. The number of methoxy groups -OCH3 is 1. The lowest BCUT2D eigenvalue weighted by Gasteiger charge is -2.35. The molecule has 0 unspecified atom stereocenters. The van der Waals surface area contributed by atoms with Crippen molar-refractivity contribution < 1.29 is 18.7 Å². The van der Waals surface area contributed by atoms with E-state index in [0.29, 0.717) is 5.75 Å². The van der Waals surface area contributed by atoms with E-state index in [2.05, 4.69) is 0 Å². The molecule has 0 aliphatic carbocycles. The quantitative estimate of drug-likeness (QED) is 0.860. The Bertz CT molecular complexity index is 730. The van der Waals surface area contributed by atoms with Crippen LogP contribution < -0.4 is 14.4 Å². The summed E-state index contributed by atoms with van der Waals surface area (Å²) in [5, 5.41) is 0. The molecule has 0 N–H and O–H groups in total. The summed E-state index contributed by atoms with van der Waals surface area (Å²) >= 11 is 0. The zero-order valence-corrected chi connectivity index (χ0v) is 13.8. The molecule has 0 radical (unpaired) electrons. The fourth-order valence-electron chi connectivity index (χ4n) is 2.99. The summed E-state index contributed by atoms with van der Waals surface area (Å²) in [6, 6.07) is 11.7. The highest BCUT2D eigenvalue weighted by atomic mass is 19.1. The Morgan fingerprint density at radius 3 is 2.62 bits per heavy atom. The maximum absolute atomic E-state index is 13.4. The molecule has 2 aromatic rings. The van der Waals surface area contributed by atoms with Crippen LogP contribution in [0.15, 0.2) is 42.5 Å². The van der Waals surface area contributed by atoms with Gasteiger partial charge in [-0.2, -0.15) is 0 Å². The second kappa shape index (κ2) is 6.91. The van der Waals surface area contributed by atoms with Gasteiger partial charge in [0.05, 0.1) is 7.11 Å². The Balaban J connectivity index is 1.72. The number of hydrogen-bond donors (Lipinski definition) is 0. The van der Waals surface area contributed by atoms with Gasteiger partial charge in [-0.1, -0.05) is 0 Å². The molecule has 126 valence electrons. The van der Waals surface area contributed by atoms with E-state index >= 15 is 0 Å². The lowest BCUT2D eigenvalue weighted by Crippen LogP contribution is -2.44. The SMILES string of the molecule is COc1ccc(OCC(=O)N2c3ccc(F)cc3CC[C@H]2C)cc1. The first kappa shape index (κ1) is 16.3. The first-order valence-corrected chi connectivity index (χ1v) is 7.96. The summed E-state index contributed by atoms with van der Waals surface area (Å²) in [4.78, 5) is 14.3. The first-order chi connectivity index (χ1) is 11.6. The van der Waals surface area contributed by atoms with Gasteiger partial charge in [-0.3, -0.25) is 4.79 Å². The van der Waals surface area contributed by atoms with Gasteiger partial charge in [0, 0.05) is 11.7 Å². The van der Waals surface area contributed by atoms with Crippen molar-refractivity contribution in [2.24, 2.45) is 0 Å². The molecule has 2 aromatic carbocycles. The molecule has 5 heteroatoms. The van der Waals surface area contributed by atoms with Crippen molar-refractivity contribution in [2.45, 2.75) is 25.8 Å². The van der Waals surface area contributed by atoms with Gasteiger partial charge in [-0.15, -0.1) is 0 Å². The predicted octanol–water partition coefficient (Wildman–Crippen LogP) is 3.58. The van der Waals surface area contributed by atoms with Crippen molar-refractivity contribution in [2.75, 3.05) is 18.6 Å². The summed E-state index contributed by atoms with van der Waals surface area (Å²) in [6.45, 7) is 1.94. The van der Waals surface area contributed by atoms with E-state index in [-0.39, 0.29) is 24.4 Å². The fourth-order valence-corrected chi connectivity index (χ4v) is 2.99. The van der Waals surface area contributed by atoms with Gasteiger partial charge in [-0.05, 0) is 67.8 Å². The molecular weight excluding hydrogens is 309 g/mol. The van der Waals surface area contributed by atoms with Gasteiger partial charge in [0.1, 0.15) is 17.3 Å². The van der Waals surface area contributed by atoms with Gasteiger partial charge >= 0.3 is 0 Å². The molecule has 0 bridgehead atoms. The second-order valence-corrected chi connectivity index (χ2v) is 5.89. The van der Waals surface area contributed by atoms with Crippen LogP contribution in [0.4, 0.5) is 10.1 Å². The maximum Gasteiger partial charge on any atom is 0.265 e. The molecule has 4 nitrogen and oxygen atoms in total. The van der Waals surface area contributed by atoms with Crippen LogP contribution in [0, 0.1) is 5.82 Å². The number of anilines is 1. The molecular formula is C19H20FNO3. The monoisotopic (exact) mass is 329 g/mol. The average Bonchev–Trinajstić information content (AvgIpc) is 2.60. The normalized spacial score (nSPS) is 16.5. The van der Waals surface area contributed by atoms with Crippen LogP contribution >= 0.6 is 0 Å². The smallest absolute Gasteiger partial charge is 0.265 e. The van der Waals surface area contributed by atoms with E-state index < -0.39 is 0 Å². The molecule has 1 amide bonds. The summed E-state index contributed by atoms with van der Waals surface area (Å²) in [7, 11) is 1.59. The highest BCUT2D eigenvalue weighted by Crippen LogP contribution is 2.31. The van der Waals surface area contributed by atoms with E-state index in [0.717, 1.165) is 29.8 Å². The Morgan fingerprint density at radius 1 is 1.21 bits per heavy atom. The number of hydrogen-bond acceptors (Lipinski definition) is 3. The number of rotatable bonds is 4. The molecule has 1 aliphatic heterocycles. The Labute approximate surface area is 140 Å². The summed E-state index contributed by atoms with van der Waals surface area (Å²) < 4.78 is 24.1. The Kier molecular flexibility index (Phi) is 4.69. The zero-order valence-electron chi connectivity index (χ0n) is 13.8. The second-order valence-electron chi connectivity index (χ2n) is 5.89. The third kappa shape index (κ3) is 3.35. The van der Waals surface area contributed by atoms with Crippen LogP contribution in [-0.4, -0.2) is 25.7 Å². The highest BCUT2D eigenvalue weighted by molar-refractivity contribution is 5.96. The van der Waals surface area contributed by atoms with Crippen LogP contribution in [-0.2, 0) is 11.2 Å². The van der Waals surface area contributed by atoms with Crippen LogP contribution in [0.1, 0.15) is 18.9 Å². The standard InChI is InChI=1S/C19H20FNO3/c1-13-3-4-14-11-15(20)5-10-18(14)21(13)19(22)12-24-17-8-6-16(23-2)7-9-17/h5-11,13H,3-4,12H2,1-2H3/t13-/m1/s1. The van der Waals surface area contributed by atoms with Gasteiger partial charge < -0.3 is 14.4 Å². The van der Waals surface area contributed by atoms with Crippen molar-refractivity contribution in [3.8, 4) is 11.5 Å². The summed E-state index contributed by atoms with van der Waals surface area (Å²) in [5.74, 6) is 0.929. The Hall–Kier alpha value is -2.56. The minimum absolute atomic E-state index is 0.0620. The van der Waals surface area contributed by atoms with Gasteiger partial charge in [-0.25, -0.2) is 4.39 Å². The number of amides is 1. The van der Waals surface area contributed by atoms with Crippen LogP contribution in [0.3, 0.4) is 0 Å². The number of ether oxygens (including phenoxy) is 2. The zero-order chi connectivity index (χ0) is 17.1. The molecule has 0 saturated heterocycles. The largest absolute Gasteiger partial charge is 0.497 e. The average molecular weight is 329 g/mol. The number of fused-ring (bicyclic) bond motifs is 1. The summed E-state index contributed by atoms with van der Waals surface area (Å²) in [5.41, 5.74) is 1.64. The highest BCUT2D eigenvalue weighted by Gasteiger charge is 2.28. The number of benzene rings is 2. The molecule has 0 spiro atoms. The summed E-state index contributed by atoms with van der Waals surface area (Å²) in [6.07, 6.45) is 1.59. The lowest BCUT2D eigenvalue weighted by atomic mass is 9.96. The molecule has 0 saturated carbocycles. The topological polar surface area (TPSA) is 38.8 Å². The number of carbonyl (C=O) groups excluding carboxylic acids is 1. The van der Waals surface area contributed by atoms with Gasteiger partial charge in [0.15, 0.2) is 6.61 Å². The van der Waals surface area contributed by atoms with E-state index in [1.165, 1.54) is 12.1 Å². The van der Waals surface area contributed by atoms with Gasteiger partial charge in [0.2, 0.25) is 0 Å². The molecule has 3 rings (SSSR count). The minimum Gasteiger partial charge on any atom is -0.497 e. The van der Waals surface area contributed by atoms with Crippen molar-refractivity contribution in [1.82, 2.24) is 0 Å². The predicted molar refractivity (Wildman–Crippen MR) is 90.2 cm³/mol. The van der Waals surface area contributed by atoms with E-state index in [1.54, 1.807) is 42.3 Å². The molecule has 1 atom stereocenters. The van der Waals surface area contributed by atoms with Crippen LogP contribution in [0.25, 0.3) is 0 Å². The van der Waals surface area contributed by atoms with Crippen molar-refractivity contribution in [1.29, 1.82) is 0 Å². The van der Waals surface area contributed by atoms with E-state index in [4.69, 9.17) is 9.47 Å².